The summed E-state index contributed by atoms with van der Waals surface area (Å²) in [5, 5.41) is 11.9. The number of benzene rings is 3. The minimum Gasteiger partial charge on any atom is -0.331 e. The van der Waals surface area contributed by atoms with E-state index in [1.807, 2.05) is 18.5 Å². The molecule has 1 saturated carbocycles. The van der Waals surface area contributed by atoms with Gasteiger partial charge in [0, 0.05) is 80.8 Å². The molecular weight excluding hydrogens is 863 g/mol. The van der Waals surface area contributed by atoms with Crippen LogP contribution < -0.4 is 11.0 Å². The van der Waals surface area contributed by atoms with Crippen molar-refractivity contribution in [2.75, 3.05) is 26.2 Å². The molecule has 7 aromatic rings. The number of likely N-dealkylation sites (tertiary alicyclic amines) is 1. The Bertz CT molecular complexity index is 3160. The number of piperidine rings is 2. The van der Waals surface area contributed by atoms with Crippen LogP contribution in [0, 0.1) is 5.92 Å². The molecule has 2 amide bonds. The minimum absolute atomic E-state index is 0.229. The molecule has 1 unspecified atom stereocenters. The number of carbonyl (C=O) groups is 3. The van der Waals surface area contributed by atoms with Crippen molar-refractivity contribution in [3.8, 4) is 11.1 Å². The Labute approximate surface area is 402 Å². The molecule has 13 heteroatoms. The van der Waals surface area contributed by atoms with Crippen LogP contribution in [0.4, 0.5) is 0 Å². The van der Waals surface area contributed by atoms with E-state index in [0.717, 1.165) is 130 Å². The van der Waals surface area contributed by atoms with Gasteiger partial charge in [-0.05, 0) is 154 Å². The molecule has 11 rings (SSSR count). The van der Waals surface area contributed by atoms with Crippen molar-refractivity contribution < 1.29 is 14.4 Å². The zero-order valence-corrected chi connectivity index (χ0v) is 40.0. The summed E-state index contributed by atoms with van der Waals surface area (Å²) in [5.74, 6) is 0.541. The highest BCUT2D eigenvalue weighted by atomic mass is 16.2. The van der Waals surface area contributed by atoms with E-state index in [1.54, 1.807) is 16.2 Å². The van der Waals surface area contributed by atoms with Gasteiger partial charge in [0.25, 0.3) is 0 Å². The molecule has 4 aliphatic rings. The standard InChI is InChI=1S/C56H63N9O4/c1-61-45(33-47-46(21-25-57-54(47)61)42-14-17-48-43(32-42)34-58-60-48)35-63-27-23-40(24-28-63)39-10-12-41(13-11-39)52(66)31-38-7-15-44(16-8-38)64-26-3-4-36(22-29-64)5-6-37-9-18-49-51(30-37)62(2)56(69)65(49)50-19-20-53(67)59-55(50)68/h4,9-14,17-18,21,25,30,32-34,38,40,44,50H,3,5-8,15-16,19-20,22-24,26-29,31,35H2,1-2H3,(H,58,60)(H,59,67,68). The molecule has 2 N–H and O–H groups in total. The van der Waals surface area contributed by atoms with Crippen molar-refractivity contribution in [3.05, 3.63) is 130 Å². The van der Waals surface area contributed by atoms with E-state index < -0.39 is 11.9 Å². The van der Waals surface area contributed by atoms with Gasteiger partial charge in [-0.2, -0.15) is 5.10 Å². The van der Waals surface area contributed by atoms with Crippen molar-refractivity contribution >= 4 is 50.6 Å². The molecule has 0 bridgehead atoms. The Morgan fingerprint density at radius 1 is 0.783 bits per heavy atom. The number of imidazole rings is 1. The zero-order chi connectivity index (χ0) is 47.2. The third-order valence-electron chi connectivity index (χ3n) is 16.2. The zero-order valence-electron chi connectivity index (χ0n) is 40.0. The number of Topliss-reactive ketones (excluding diaryl/α,β-unsaturated/α-hetero) is 1. The number of aromatic amines is 1. The number of rotatable bonds is 12. The number of fused-ring (bicyclic) bond motifs is 3. The number of pyridine rings is 1. The highest BCUT2D eigenvalue weighted by Gasteiger charge is 2.32. The van der Waals surface area contributed by atoms with Crippen LogP contribution in [0.15, 0.2) is 102 Å². The molecular formula is C56H63N9O4. The number of aromatic nitrogens is 6. The van der Waals surface area contributed by atoms with E-state index in [0.29, 0.717) is 30.7 Å². The maximum atomic E-state index is 13.6. The SMILES string of the molecule is Cn1c(CN2CCC(c3ccc(C(=O)CC4CCC(N5CCC=C(CCc6ccc7c(c6)n(C)c(=O)n7C6CCC(=O)NC6=O)CC5)CC4)cc3)CC2)cc2c(-c3ccc4[nH]ncc4c3)ccnc21. The van der Waals surface area contributed by atoms with Crippen LogP contribution in [0.2, 0.25) is 0 Å². The smallest absolute Gasteiger partial charge is 0.329 e. The second kappa shape index (κ2) is 19.2. The maximum Gasteiger partial charge on any atom is 0.329 e. The van der Waals surface area contributed by atoms with Gasteiger partial charge in [0.15, 0.2) is 5.78 Å². The average Bonchev–Trinajstić information content (AvgIpc) is 3.97. The maximum absolute atomic E-state index is 13.6. The predicted octanol–water partition coefficient (Wildman–Crippen LogP) is 8.91. The van der Waals surface area contributed by atoms with Crippen LogP contribution in [0.5, 0.6) is 0 Å². The molecule has 2 saturated heterocycles. The predicted molar refractivity (Wildman–Crippen MR) is 270 cm³/mol. The van der Waals surface area contributed by atoms with Crippen molar-refractivity contribution in [1.29, 1.82) is 0 Å². The monoisotopic (exact) mass is 926 g/mol. The Morgan fingerprint density at radius 3 is 2.42 bits per heavy atom. The molecule has 4 aromatic heterocycles. The summed E-state index contributed by atoms with van der Waals surface area (Å²) < 4.78 is 5.41. The largest absolute Gasteiger partial charge is 0.331 e. The number of carbonyl (C=O) groups excluding carboxylic acids is 3. The number of nitrogens with zero attached hydrogens (tertiary/aromatic N) is 7. The topological polar surface area (TPSA) is 143 Å². The van der Waals surface area contributed by atoms with Crippen molar-refractivity contribution in [2.45, 2.75) is 108 Å². The minimum atomic E-state index is -0.675. The Balaban J connectivity index is 0.620. The average molecular weight is 926 g/mol. The van der Waals surface area contributed by atoms with Gasteiger partial charge in [-0.15, -0.1) is 0 Å². The van der Waals surface area contributed by atoms with Gasteiger partial charge in [-0.1, -0.05) is 48.0 Å². The molecule has 13 nitrogen and oxygen atoms in total. The summed E-state index contributed by atoms with van der Waals surface area (Å²) in [6, 6.07) is 25.5. The van der Waals surface area contributed by atoms with Crippen LogP contribution in [0.25, 0.3) is 44.1 Å². The summed E-state index contributed by atoms with van der Waals surface area (Å²) >= 11 is 0. The second-order valence-electron chi connectivity index (χ2n) is 20.4. The first-order valence-corrected chi connectivity index (χ1v) is 25.3. The molecule has 3 aliphatic heterocycles. The van der Waals surface area contributed by atoms with Gasteiger partial charge in [-0.25, -0.2) is 9.78 Å². The van der Waals surface area contributed by atoms with Crippen molar-refractivity contribution in [2.24, 2.45) is 20.0 Å². The Kier molecular flexibility index (Phi) is 12.5. The number of hydrogen-bond donors (Lipinski definition) is 2. The number of nitrogens with one attached hydrogen (secondary N) is 2. The van der Waals surface area contributed by atoms with E-state index in [-0.39, 0.29) is 23.8 Å². The van der Waals surface area contributed by atoms with Crippen molar-refractivity contribution in [3.63, 3.8) is 0 Å². The fourth-order valence-electron chi connectivity index (χ4n) is 12.1. The van der Waals surface area contributed by atoms with Gasteiger partial charge in [0.2, 0.25) is 11.8 Å². The van der Waals surface area contributed by atoms with Crippen LogP contribution in [-0.2, 0) is 36.6 Å². The number of aryl methyl sites for hydroxylation is 3. The third-order valence-corrected chi connectivity index (χ3v) is 16.2. The quantitative estimate of drug-likeness (QED) is 0.0703. The number of ketones is 1. The lowest BCUT2D eigenvalue weighted by atomic mass is 9.81. The molecule has 69 heavy (non-hydrogen) atoms. The highest BCUT2D eigenvalue weighted by Crippen LogP contribution is 2.36. The van der Waals surface area contributed by atoms with Gasteiger partial charge in [0.1, 0.15) is 11.7 Å². The molecule has 1 atom stereocenters. The molecule has 3 fully saturated rings. The summed E-state index contributed by atoms with van der Waals surface area (Å²) in [4.78, 5) is 61.2. The lowest BCUT2D eigenvalue weighted by Crippen LogP contribution is -2.44. The fourth-order valence-corrected chi connectivity index (χ4v) is 12.1. The van der Waals surface area contributed by atoms with Crippen LogP contribution in [-0.4, -0.2) is 88.5 Å². The normalized spacial score (nSPS) is 21.2. The number of amides is 2. The first kappa shape index (κ1) is 45.0. The van der Waals surface area contributed by atoms with Crippen LogP contribution in [0.3, 0.4) is 0 Å². The van der Waals surface area contributed by atoms with E-state index in [4.69, 9.17) is 4.98 Å². The molecule has 0 spiro atoms. The number of H-pyrrole nitrogens is 1. The first-order valence-electron chi connectivity index (χ1n) is 25.3. The van der Waals surface area contributed by atoms with E-state index >= 15 is 0 Å². The molecule has 1 aliphatic carbocycles. The van der Waals surface area contributed by atoms with Gasteiger partial charge in [-0.3, -0.25) is 43.7 Å². The number of imide groups is 1. The molecule has 356 valence electrons. The van der Waals surface area contributed by atoms with Crippen LogP contribution in [0.1, 0.15) is 116 Å². The lowest BCUT2D eigenvalue weighted by molar-refractivity contribution is -0.135. The summed E-state index contributed by atoms with van der Waals surface area (Å²) in [6.07, 6.45) is 18.2. The second-order valence-corrected chi connectivity index (χ2v) is 20.4. The van der Waals surface area contributed by atoms with Gasteiger partial charge in [0.05, 0.1) is 22.7 Å². The fraction of sp³-hybridized carbons (Fsp3) is 0.429. The molecule has 3 aromatic carbocycles. The highest BCUT2D eigenvalue weighted by molar-refractivity contribution is 6.00. The van der Waals surface area contributed by atoms with Gasteiger partial charge >= 0.3 is 5.69 Å². The van der Waals surface area contributed by atoms with E-state index in [9.17, 15) is 19.2 Å². The summed E-state index contributed by atoms with van der Waals surface area (Å²) in [6.45, 7) is 5.13. The van der Waals surface area contributed by atoms with Crippen molar-refractivity contribution in [1.82, 2.24) is 44.0 Å². The van der Waals surface area contributed by atoms with Crippen LogP contribution >= 0.6 is 0 Å². The van der Waals surface area contributed by atoms with E-state index in [2.05, 4.69) is 110 Å². The summed E-state index contributed by atoms with van der Waals surface area (Å²) in [7, 11) is 3.88. The third kappa shape index (κ3) is 9.14. The Hall–Kier alpha value is -6.44. The van der Waals surface area contributed by atoms with E-state index in [1.165, 1.54) is 38.9 Å². The first-order chi connectivity index (χ1) is 33.6. The Morgan fingerprint density at radius 2 is 1.61 bits per heavy atom. The number of hydrogen-bond acceptors (Lipinski definition) is 8. The molecule has 0 radical (unpaired) electrons. The van der Waals surface area contributed by atoms with Gasteiger partial charge < -0.3 is 4.57 Å². The summed E-state index contributed by atoms with van der Waals surface area (Å²) in [5.41, 5.74) is 11.9. The lowest BCUT2D eigenvalue weighted by Gasteiger charge is -2.36. The molecule has 7 heterocycles.